The summed E-state index contributed by atoms with van der Waals surface area (Å²) in [6.45, 7) is 7.58. The van der Waals surface area contributed by atoms with Gasteiger partial charge in [-0.05, 0) is 19.4 Å². The van der Waals surface area contributed by atoms with Gasteiger partial charge in [-0.1, -0.05) is 20.8 Å². The fraction of sp³-hybridized carbons (Fsp3) is 1.00. The maximum atomic E-state index is 12.5. The largest absolute Gasteiger partial charge is 0.307 e. The Hall–Kier alpha value is -0.180. The van der Waals surface area contributed by atoms with Crippen LogP contribution in [0.4, 0.5) is 8.78 Å². The fourth-order valence-corrected chi connectivity index (χ4v) is 0.914. The lowest BCUT2D eigenvalue weighted by molar-refractivity contribution is 0.0140. The van der Waals surface area contributed by atoms with Gasteiger partial charge in [-0.25, -0.2) is 8.78 Å². The van der Waals surface area contributed by atoms with Gasteiger partial charge in [0.25, 0.3) is 6.43 Å². The smallest absolute Gasteiger partial charge is 0.256 e. The molecule has 1 N–H and O–H groups in total. The van der Waals surface area contributed by atoms with E-state index >= 15 is 0 Å². The molecule has 11 heavy (non-hydrogen) atoms. The van der Waals surface area contributed by atoms with Gasteiger partial charge in [0.2, 0.25) is 0 Å². The van der Waals surface area contributed by atoms with Crippen LogP contribution in [0.25, 0.3) is 0 Å². The van der Waals surface area contributed by atoms with Crippen LogP contribution in [0.2, 0.25) is 0 Å². The molecule has 0 aromatic carbocycles. The first kappa shape index (κ1) is 10.8. The summed E-state index contributed by atoms with van der Waals surface area (Å²) in [4.78, 5) is 0. The summed E-state index contributed by atoms with van der Waals surface area (Å²) in [7, 11) is 0. The lowest BCUT2D eigenvalue weighted by atomic mass is 9.89. The lowest BCUT2D eigenvalue weighted by Crippen LogP contribution is -2.52. The normalized spacial score (nSPS) is 17.5. The summed E-state index contributed by atoms with van der Waals surface area (Å²) >= 11 is 0. The Morgan fingerprint density at radius 1 is 1.36 bits per heavy atom. The van der Waals surface area contributed by atoms with Crippen molar-refractivity contribution in [3.63, 3.8) is 0 Å². The van der Waals surface area contributed by atoms with E-state index in [-0.39, 0.29) is 5.92 Å². The third kappa shape index (κ3) is 2.40. The van der Waals surface area contributed by atoms with Crippen molar-refractivity contribution in [1.82, 2.24) is 5.32 Å². The second-order valence-corrected chi connectivity index (χ2v) is 3.27. The van der Waals surface area contributed by atoms with E-state index in [1.807, 2.05) is 6.92 Å². The van der Waals surface area contributed by atoms with Crippen LogP contribution in [-0.2, 0) is 0 Å². The number of hydrogen-bond donors (Lipinski definition) is 1. The van der Waals surface area contributed by atoms with Crippen molar-refractivity contribution in [3.8, 4) is 0 Å². The zero-order valence-corrected chi connectivity index (χ0v) is 7.62. The highest BCUT2D eigenvalue weighted by atomic mass is 19.3. The van der Waals surface area contributed by atoms with E-state index in [1.165, 1.54) is 0 Å². The Labute approximate surface area is 67.2 Å². The van der Waals surface area contributed by atoms with Crippen LogP contribution < -0.4 is 5.32 Å². The molecule has 0 bridgehead atoms. The summed E-state index contributed by atoms with van der Waals surface area (Å²) in [6.07, 6.45) is -2.30. The molecule has 0 aliphatic heterocycles. The quantitative estimate of drug-likeness (QED) is 0.673. The van der Waals surface area contributed by atoms with Crippen molar-refractivity contribution in [2.45, 2.75) is 39.7 Å². The molecular formula is C8H17F2N. The zero-order chi connectivity index (χ0) is 9.07. The molecule has 0 aliphatic carbocycles. The minimum Gasteiger partial charge on any atom is -0.307 e. The second kappa shape index (κ2) is 4.00. The van der Waals surface area contributed by atoms with E-state index < -0.39 is 12.0 Å². The first-order valence-corrected chi connectivity index (χ1v) is 3.98. The molecule has 1 unspecified atom stereocenters. The minimum atomic E-state index is -2.30. The van der Waals surface area contributed by atoms with E-state index in [2.05, 4.69) is 5.32 Å². The number of hydrogen-bond acceptors (Lipinski definition) is 1. The van der Waals surface area contributed by atoms with Crippen molar-refractivity contribution in [2.24, 2.45) is 5.92 Å². The van der Waals surface area contributed by atoms with Crippen LogP contribution in [0.15, 0.2) is 0 Å². The van der Waals surface area contributed by atoms with Gasteiger partial charge in [-0.3, -0.25) is 0 Å². The third-order valence-electron chi connectivity index (χ3n) is 2.21. The fourth-order valence-electron chi connectivity index (χ4n) is 0.914. The van der Waals surface area contributed by atoms with Crippen LogP contribution in [0.3, 0.4) is 0 Å². The molecule has 0 saturated carbocycles. The second-order valence-electron chi connectivity index (χ2n) is 3.27. The van der Waals surface area contributed by atoms with Crippen molar-refractivity contribution in [3.05, 3.63) is 0 Å². The predicted octanol–water partition coefficient (Wildman–Crippen LogP) is 2.28. The van der Waals surface area contributed by atoms with Gasteiger partial charge in [0.05, 0.1) is 5.54 Å². The van der Waals surface area contributed by atoms with E-state index in [1.54, 1.807) is 20.8 Å². The molecule has 0 fully saturated rings. The molecule has 0 aromatic heterocycles. The summed E-state index contributed by atoms with van der Waals surface area (Å²) in [5.74, 6) is -0.0533. The molecule has 0 spiro atoms. The molecule has 0 heterocycles. The van der Waals surface area contributed by atoms with Crippen LogP contribution in [0, 0.1) is 5.92 Å². The molecule has 0 saturated heterocycles. The molecule has 0 rings (SSSR count). The minimum absolute atomic E-state index is 0.0533. The molecule has 0 aliphatic rings. The van der Waals surface area contributed by atoms with Crippen LogP contribution in [0.1, 0.15) is 27.7 Å². The highest BCUT2D eigenvalue weighted by molar-refractivity contribution is 4.88. The van der Waals surface area contributed by atoms with Gasteiger partial charge in [0.15, 0.2) is 0 Å². The summed E-state index contributed by atoms with van der Waals surface area (Å²) in [5.41, 5.74) is -1.03. The van der Waals surface area contributed by atoms with Gasteiger partial charge < -0.3 is 5.32 Å². The molecule has 1 atom stereocenters. The molecule has 68 valence electrons. The molecule has 3 heteroatoms. The summed E-state index contributed by atoms with van der Waals surface area (Å²) < 4.78 is 24.9. The Kier molecular flexibility index (Phi) is 3.93. The average Bonchev–Trinajstić information content (AvgIpc) is 1.87. The monoisotopic (exact) mass is 165 g/mol. The zero-order valence-electron chi connectivity index (χ0n) is 7.62. The van der Waals surface area contributed by atoms with Crippen LogP contribution in [0.5, 0.6) is 0 Å². The SMILES string of the molecule is CCNC(C)(C(C)C)C(F)F. The molecule has 0 aromatic rings. The standard InChI is InChI=1S/C8H17F2N/c1-5-11-8(4,6(2)3)7(9)10/h6-7,11H,5H2,1-4H3. The van der Waals surface area contributed by atoms with Gasteiger partial charge in [-0.15, -0.1) is 0 Å². The van der Waals surface area contributed by atoms with E-state index in [0.717, 1.165) is 0 Å². The van der Waals surface area contributed by atoms with Gasteiger partial charge in [0.1, 0.15) is 0 Å². The Bertz CT molecular complexity index is 105. The van der Waals surface area contributed by atoms with Crippen molar-refractivity contribution in [2.75, 3.05) is 6.54 Å². The predicted molar refractivity (Wildman–Crippen MR) is 42.9 cm³/mol. The first-order valence-electron chi connectivity index (χ1n) is 3.98. The maximum absolute atomic E-state index is 12.5. The maximum Gasteiger partial charge on any atom is 0.256 e. The van der Waals surface area contributed by atoms with E-state index in [4.69, 9.17) is 0 Å². The van der Waals surface area contributed by atoms with Crippen LogP contribution >= 0.6 is 0 Å². The first-order chi connectivity index (χ1) is 4.95. The average molecular weight is 165 g/mol. The van der Waals surface area contributed by atoms with E-state index in [0.29, 0.717) is 6.54 Å². The topological polar surface area (TPSA) is 12.0 Å². The number of halogens is 2. The Morgan fingerprint density at radius 2 is 1.82 bits per heavy atom. The molecule has 1 nitrogen and oxygen atoms in total. The molecule has 0 amide bonds. The lowest BCUT2D eigenvalue weighted by Gasteiger charge is -2.33. The van der Waals surface area contributed by atoms with E-state index in [9.17, 15) is 8.78 Å². The third-order valence-corrected chi connectivity index (χ3v) is 2.21. The van der Waals surface area contributed by atoms with Crippen molar-refractivity contribution < 1.29 is 8.78 Å². The Morgan fingerprint density at radius 3 is 1.91 bits per heavy atom. The van der Waals surface area contributed by atoms with Gasteiger partial charge in [-0.2, -0.15) is 0 Å². The number of nitrogens with one attached hydrogen (secondary N) is 1. The number of rotatable bonds is 4. The van der Waals surface area contributed by atoms with Crippen molar-refractivity contribution in [1.29, 1.82) is 0 Å². The summed E-state index contributed by atoms with van der Waals surface area (Å²) in [5, 5.41) is 2.81. The summed E-state index contributed by atoms with van der Waals surface area (Å²) in [6, 6.07) is 0. The Balaban J connectivity index is 4.26. The highest BCUT2D eigenvalue weighted by Gasteiger charge is 2.36. The number of alkyl halides is 2. The highest BCUT2D eigenvalue weighted by Crippen LogP contribution is 2.23. The molecular weight excluding hydrogens is 148 g/mol. The van der Waals surface area contributed by atoms with Gasteiger partial charge >= 0.3 is 0 Å². The van der Waals surface area contributed by atoms with Crippen LogP contribution in [-0.4, -0.2) is 18.5 Å². The molecule has 0 radical (unpaired) electrons. The van der Waals surface area contributed by atoms with Gasteiger partial charge in [0, 0.05) is 0 Å². The van der Waals surface area contributed by atoms with Crippen molar-refractivity contribution >= 4 is 0 Å².